The van der Waals surface area contributed by atoms with Gasteiger partial charge in [0, 0.05) is 11.6 Å². The number of hydrogen-bond acceptors (Lipinski definition) is 3. The monoisotopic (exact) mass is 321 g/mol. The number of alkyl halides is 2. The van der Waals surface area contributed by atoms with E-state index in [9.17, 15) is 13.2 Å². The highest BCUT2D eigenvalue weighted by Crippen LogP contribution is 2.26. The second-order valence-electron chi connectivity index (χ2n) is 5.79. The van der Waals surface area contributed by atoms with Crippen LogP contribution in [0.3, 0.4) is 0 Å². The van der Waals surface area contributed by atoms with Crippen molar-refractivity contribution in [2.24, 2.45) is 0 Å². The Labute approximate surface area is 133 Å². The fourth-order valence-corrected chi connectivity index (χ4v) is 2.84. The molecule has 0 spiro atoms. The first kappa shape index (κ1) is 15.8. The molecule has 1 saturated carbocycles. The number of nitrogens with one attached hydrogen (secondary N) is 1. The van der Waals surface area contributed by atoms with E-state index in [2.05, 4.69) is 15.3 Å². The van der Waals surface area contributed by atoms with Crippen LogP contribution in [0.1, 0.15) is 44.2 Å². The summed E-state index contributed by atoms with van der Waals surface area (Å²) < 4.78 is 39.2. The molecule has 3 nitrogen and oxygen atoms in total. The Morgan fingerprint density at radius 2 is 1.70 bits per heavy atom. The summed E-state index contributed by atoms with van der Waals surface area (Å²) in [5, 5.41) is 3.17. The third-order valence-corrected chi connectivity index (χ3v) is 4.05. The van der Waals surface area contributed by atoms with Crippen molar-refractivity contribution in [1.29, 1.82) is 0 Å². The molecule has 122 valence electrons. The minimum atomic E-state index is -2.68. The van der Waals surface area contributed by atoms with Crippen molar-refractivity contribution in [3.05, 3.63) is 41.8 Å². The van der Waals surface area contributed by atoms with Crippen molar-refractivity contribution in [3.63, 3.8) is 0 Å². The number of benzene rings is 1. The number of rotatable bonds is 4. The predicted octanol–water partition coefficient (Wildman–Crippen LogP) is 4.96. The van der Waals surface area contributed by atoms with Crippen molar-refractivity contribution in [1.82, 2.24) is 9.97 Å². The lowest BCUT2D eigenvalue weighted by atomic mass is 9.96. The standard InChI is InChI=1S/C17H18F3N3/c18-12-8-6-11(7-9-12)14-10-15(16(19)20)23-17(22-14)21-13-4-2-1-3-5-13/h6-10,13,16H,1-5H2,(H,21,22,23). The number of anilines is 1. The molecule has 1 aliphatic rings. The number of aromatic nitrogens is 2. The van der Waals surface area contributed by atoms with Gasteiger partial charge in [-0.1, -0.05) is 19.3 Å². The Hall–Kier alpha value is -2.11. The molecule has 0 atom stereocenters. The van der Waals surface area contributed by atoms with Gasteiger partial charge in [0.15, 0.2) is 0 Å². The van der Waals surface area contributed by atoms with E-state index in [1.807, 2.05) is 0 Å². The quantitative estimate of drug-likeness (QED) is 0.864. The number of hydrogen-bond donors (Lipinski definition) is 1. The molecule has 1 aliphatic carbocycles. The Bertz CT molecular complexity index is 653. The van der Waals surface area contributed by atoms with E-state index in [4.69, 9.17) is 0 Å². The Morgan fingerprint density at radius 3 is 2.35 bits per heavy atom. The lowest BCUT2D eigenvalue weighted by Crippen LogP contribution is -2.23. The Morgan fingerprint density at radius 1 is 1.00 bits per heavy atom. The molecule has 6 heteroatoms. The van der Waals surface area contributed by atoms with E-state index in [0.717, 1.165) is 25.7 Å². The van der Waals surface area contributed by atoms with Crippen LogP contribution in [-0.2, 0) is 0 Å². The van der Waals surface area contributed by atoms with E-state index in [1.54, 1.807) is 0 Å². The van der Waals surface area contributed by atoms with Gasteiger partial charge in [-0.25, -0.2) is 23.1 Å². The van der Waals surface area contributed by atoms with Gasteiger partial charge in [0.05, 0.1) is 5.69 Å². The number of halogens is 3. The van der Waals surface area contributed by atoms with Gasteiger partial charge in [0.1, 0.15) is 11.5 Å². The topological polar surface area (TPSA) is 37.8 Å². The predicted molar refractivity (Wildman–Crippen MR) is 82.9 cm³/mol. The highest BCUT2D eigenvalue weighted by molar-refractivity contribution is 5.60. The summed E-state index contributed by atoms with van der Waals surface area (Å²) in [6, 6.07) is 7.10. The average molecular weight is 321 g/mol. The molecule has 2 aromatic rings. The zero-order valence-corrected chi connectivity index (χ0v) is 12.6. The summed E-state index contributed by atoms with van der Waals surface area (Å²) >= 11 is 0. The van der Waals surface area contributed by atoms with Crippen molar-refractivity contribution in [2.45, 2.75) is 44.6 Å². The maximum atomic E-state index is 13.1. The van der Waals surface area contributed by atoms with Gasteiger partial charge in [-0.2, -0.15) is 0 Å². The maximum absolute atomic E-state index is 13.1. The van der Waals surface area contributed by atoms with Crippen molar-refractivity contribution >= 4 is 5.95 Å². The van der Waals surface area contributed by atoms with E-state index < -0.39 is 6.43 Å². The molecule has 1 aromatic carbocycles. The zero-order valence-electron chi connectivity index (χ0n) is 12.6. The summed E-state index contributed by atoms with van der Waals surface area (Å²) in [4.78, 5) is 8.26. The molecule has 0 saturated heterocycles. The molecule has 0 bridgehead atoms. The van der Waals surface area contributed by atoms with Gasteiger partial charge >= 0.3 is 0 Å². The van der Waals surface area contributed by atoms with Crippen LogP contribution in [-0.4, -0.2) is 16.0 Å². The lowest BCUT2D eigenvalue weighted by molar-refractivity contribution is 0.146. The molecule has 1 fully saturated rings. The van der Waals surface area contributed by atoms with Crippen LogP contribution in [0.2, 0.25) is 0 Å². The molecule has 3 rings (SSSR count). The molecule has 23 heavy (non-hydrogen) atoms. The Balaban J connectivity index is 1.90. The minimum Gasteiger partial charge on any atom is -0.351 e. The second kappa shape index (κ2) is 6.98. The first-order valence-corrected chi connectivity index (χ1v) is 7.81. The first-order valence-electron chi connectivity index (χ1n) is 7.81. The summed E-state index contributed by atoms with van der Waals surface area (Å²) in [5.74, 6) is -0.161. The molecule has 0 radical (unpaired) electrons. The van der Waals surface area contributed by atoms with Crippen LogP contribution >= 0.6 is 0 Å². The van der Waals surface area contributed by atoms with Crippen LogP contribution in [0.4, 0.5) is 19.1 Å². The van der Waals surface area contributed by atoms with Gasteiger partial charge in [0.25, 0.3) is 6.43 Å². The van der Waals surface area contributed by atoms with Gasteiger partial charge in [-0.05, 0) is 43.2 Å². The van der Waals surface area contributed by atoms with Gasteiger partial charge in [-0.3, -0.25) is 0 Å². The summed E-state index contributed by atoms with van der Waals surface area (Å²) in [6.07, 6.45) is 2.76. The molecule has 0 unspecified atom stereocenters. The average Bonchev–Trinajstić information content (AvgIpc) is 2.56. The molecular formula is C17H18F3N3. The summed E-state index contributed by atoms with van der Waals surface area (Å²) in [7, 11) is 0. The molecule has 1 heterocycles. The molecule has 1 aromatic heterocycles. The fraction of sp³-hybridized carbons (Fsp3) is 0.412. The largest absolute Gasteiger partial charge is 0.351 e. The normalized spacial score (nSPS) is 15.8. The van der Waals surface area contributed by atoms with Crippen molar-refractivity contribution < 1.29 is 13.2 Å². The smallest absolute Gasteiger partial charge is 0.280 e. The van der Waals surface area contributed by atoms with Crippen LogP contribution in [0.25, 0.3) is 11.3 Å². The van der Waals surface area contributed by atoms with Gasteiger partial charge in [-0.15, -0.1) is 0 Å². The lowest BCUT2D eigenvalue weighted by Gasteiger charge is -2.23. The Kier molecular flexibility index (Phi) is 4.79. The maximum Gasteiger partial charge on any atom is 0.280 e. The summed E-state index contributed by atoms with van der Waals surface area (Å²) in [5.41, 5.74) is 0.633. The SMILES string of the molecule is Fc1ccc(-c2cc(C(F)F)nc(NC3CCCCC3)n2)cc1. The fourth-order valence-electron chi connectivity index (χ4n) is 2.84. The minimum absolute atomic E-state index is 0.217. The first-order chi connectivity index (χ1) is 11.1. The van der Waals surface area contributed by atoms with Crippen LogP contribution in [0, 0.1) is 5.82 Å². The second-order valence-corrected chi connectivity index (χ2v) is 5.79. The summed E-state index contributed by atoms with van der Waals surface area (Å²) in [6.45, 7) is 0. The highest BCUT2D eigenvalue weighted by Gasteiger charge is 2.18. The van der Waals surface area contributed by atoms with Gasteiger partial charge in [0.2, 0.25) is 5.95 Å². The van der Waals surface area contributed by atoms with E-state index in [1.165, 1.54) is 36.8 Å². The highest BCUT2D eigenvalue weighted by atomic mass is 19.3. The molecular weight excluding hydrogens is 303 g/mol. The van der Waals surface area contributed by atoms with Crippen LogP contribution in [0.15, 0.2) is 30.3 Å². The third-order valence-electron chi connectivity index (χ3n) is 4.05. The van der Waals surface area contributed by atoms with Crippen LogP contribution in [0.5, 0.6) is 0 Å². The number of nitrogens with zero attached hydrogens (tertiary/aromatic N) is 2. The molecule has 1 N–H and O–H groups in total. The van der Waals surface area contributed by atoms with E-state index in [0.29, 0.717) is 11.3 Å². The van der Waals surface area contributed by atoms with Crippen molar-refractivity contribution in [2.75, 3.05) is 5.32 Å². The third kappa shape index (κ3) is 4.00. The van der Waals surface area contributed by atoms with Gasteiger partial charge < -0.3 is 5.32 Å². The van der Waals surface area contributed by atoms with E-state index >= 15 is 0 Å². The molecule has 0 aliphatic heterocycles. The van der Waals surface area contributed by atoms with E-state index in [-0.39, 0.29) is 23.5 Å². The van der Waals surface area contributed by atoms with Crippen molar-refractivity contribution in [3.8, 4) is 11.3 Å². The molecule has 0 amide bonds. The zero-order chi connectivity index (χ0) is 16.2. The van der Waals surface area contributed by atoms with Crippen LogP contribution < -0.4 is 5.32 Å².